The monoisotopic (exact) mass is 381 g/mol. The second-order valence-corrected chi connectivity index (χ2v) is 6.18. The SMILES string of the molecule is C=CC(=O)Nc1ccccc1CC(=O)Nc1cccc(OCC(=O)N(C)C)c1. The van der Waals surface area contributed by atoms with Crippen molar-refractivity contribution in [2.24, 2.45) is 0 Å². The predicted octanol–water partition coefficient (Wildman–Crippen LogP) is 2.46. The van der Waals surface area contributed by atoms with Crippen molar-refractivity contribution in [2.75, 3.05) is 31.3 Å². The van der Waals surface area contributed by atoms with Crippen LogP contribution in [0.4, 0.5) is 11.4 Å². The quantitative estimate of drug-likeness (QED) is 0.688. The third-order valence-electron chi connectivity index (χ3n) is 3.79. The van der Waals surface area contributed by atoms with E-state index >= 15 is 0 Å². The van der Waals surface area contributed by atoms with Gasteiger partial charge in [-0.25, -0.2) is 0 Å². The molecule has 0 unspecified atom stereocenters. The summed E-state index contributed by atoms with van der Waals surface area (Å²) in [7, 11) is 3.30. The minimum atomic E-state index is -0.343. The van der Waals surface area contributed by atoms with Gasteiger partial charge in [0.1, 0.15) is 5.75 Å². The van der Waals surface area contributed by atoms with Gasteiger partial charge in [0, 0.05) is 31.5 Å². The minimum absolute atomic E-state index is 0.0811. The molecule has 0 aliphatic carbocycles. The van der Waals surface area contributed by atoms with E-state index in [1.165, 1.54) is 11.0 Å². The van der Waals surface area contributed by atoms with E-state index in [2.05, 4.69) is 17.2 Å². The summed E-state index contributed by atoms with van der Waals surface area (Å²) in [5, 5.41) is 5.47. The van der Waals surface area contributed by atoms with Crippen molar-refractivity contribution in [3.63, 3.8) is 0 Å². The standard InChI is InChI=1S/C21H23N3O4/c1-4-19(25)23-18-11-6-5-8-15(18)12-20(26)22-16-9-7-10-17(13-16)28-14-21(27)24(2)3/h4-11,13H,1,12,14H2,2-3H3,(H,22,26)(H,23,25). The third-order valence-corrected chi connectivity index (χ3v) is 3.79. The van der Waals surface area contributed by atoms with Crippen LogP contribution < -0.4 is 15.4 Å². The zero-order chi connectivity index (χ0) is 20.5. The highest BCUT2D eigenvalue weighted by Crippen LogP contribution is 2.19. The summed E-state index contributed by atoms with van der Waals surface area (Å²) in [5.41, 5.74) is 1.79. The van der Waals surface area contributed by atoms with Crippen LogP contribution in [0.3, 0.4) is 0 Å². The topological polar surface area (TPSA) is 87.7 Å². The fraction of sp³-hybridized carbons (Fsp3) is 0.190. The van der Waals surface area contributed by atoms with Crippen molar-refractivity contribution in [3.8, 4) is 5.75 Å². The number of anilines is 2. The molecular weight excluding hydrogens is 358 g/mol. The van der Waals surface area contributed by atoms with E-state index in [1.807, 2.05) is 0 Å². The highest BCUT2D eigenvalue weighted by atomic mass is 16.5. The van der Waals surface area contributed by atoms with Crippen LogP contribution in [-0.4, -0.2) is 43.3 Å². The van der Waals surface area contributed by atoms with E-state index in [0.717, 1.165) is 0 Å². The Morgan fingerprint density at radius 1 is 1.07 bits per heavy atom. The largest absolute Gasteiger partial charge is 0.484 e. The number of nitrogens with zero attached hydrogens (tertiary/aromatic N) is 1. The Kier molecular flexibility index (Phi) is 7.33. The number of hydrogen-bond acceptors (Lipinski definition) is 4. The number of rotatable bonds is 8. The van der Waals surface area contributed by atoms with Gasteiger partial charge >= 0.3 is 0 Å². The molecule has 2 rings (SSSR count). The molecule has 0 atom stereocenters. The molecular formula is C21H23N3O4. The first-order valence-corrected chi connectivity index (χ1v) is 8.63. The lowest BCUT2D eigenvalue weighted by molar-refractivity contribution is -0.130. The molecule has 0 heterocycles. The number of ether oxygens (including phenoxy) is 1. The molecule has 0 aromatic heterocycles. The van der Waals surface area contributed by atoms with Gasteiger partial charge in [0.05, 0.1) is 6.42 Å². The van der Waals surface area contributed by atoms with Crippen molar-refractivity contribution in [3.05, 3.63) is 66.7 Å². The zero-order valence-corrected chi connectivity index (χ0v) is 15.9. The maximum Gasteiger partial charge on any atom is 0.259 e. The van der Waals surface area contributed by atoms with Crippen LogP contribution in [0, 0.1) is 0 Å². The summed E-state index contributed by atoms with van der Waals surface area (Å²) in [6.07, 6.45) is 1.25. The first-order chi connectivity index (χ1) is 13.4. The van der Waals surface area contributed by atoms with Crippen molar-refractivity contribution in [2.45, 2.75) is 6.42 Å². The summed E-state index contributed by atoms with van der Waals surface area (Å²) in [6.45, 7) is 3.34. The molecule has 0 saturated heterocycles. The van der Waals surface area contributed by atoms with Gasteiger partial charge < -0.3 is 20.3 Å². The fourth-order valence-corrected chi connectivity index (χ4v) is 2.30. The average molecular weight is 381 g/mol. The second kappa shape index (κ2) is 9.91. The summed E-state index contributed by atoms with van der Waals surface area (Å²) in [5.74, 6) is -0.272. The number of carbonyl (C=O) groups is 3. The molecule has 7 heteroatoms. The van der Waals surface area contributed by atoms with Crippen LogP contribution in [0.5, 0.6) is 5.75 Å². The number of para-hydroxylation sites is 1. The number of amides is 3. The Morgan fingerprint density at radius 3 is 2.54 bits per heavy atom. The van der Waals surface area contributed by atoms with E-state index < -0.39 is 0 Å². The molecule has 2 aromatic rings. The maximum absolute atomic E-state index is 12.4. The molecule has 146 valence electrons. The van der Waals surface area contributed by atoms with E-state index in [9.17, 15) is 14.4 Å². The molecule has 0 fully saturated rings. The molecule has 7 nitrogen and oxygen atoms in total. The molecule has 2 N–H and O–H groups in total. The van der Waals surface area contributed by atoms with Crippen LogP contribution in [-0.2, 0) is 20.8 Å². The van der Waals surface area contributed by atoms with Crippen LogP contribution >= 0.6 is 0 Å². The number of likely N-dealkylation sites (N-methyl/N-ethyl adjacent to an activating group) is 1. The van der Waals surface area contributed by atoms with Gasteiger partial charge in [-0.05, 0) is 29.8 Å². The van der Waals surface area contributed by atoms with Crippen LogP contribution in [0.2, 0.25) is 0 Å². The lowest BCUT2D eigenvalue weighted by atomic mass is 10.1. The molecule has 0 spiro atoms. The van der Waals surface area contributed by atoms with Gasteiger partial charge in [-0.2, -0.15) is 0 Å². The third kappa shape index (κ3) is 6.28. The number of hydrogen-bond donors (Lipinski definition) is 2. The Labute approximate surface area is 164 Å². The Balaban J connectivity index is 2.00. The zero-order valence-electron chi connectivity index (χ0n) is 15.9. The van der Waals surface area contributed by atoms with Crippen molar-refractivity contribution >= 4 is 29.1 Å². The van der Waals surface area contributed by atoms with Crippen LogP contribution in [0.25, 0.3) is 0 Å². The van der Waals surface area contributed by atoms with Gasteiger partial charge in [0.25, 0.3) is 5.91 Å². The first kappa shape index (κ1) is 20.7. The molecule has 0 radical (unpaired) electrons. The van der Waals surface area contributed by atoms with Crippen LogP contribution in [0.1, 0.15) is 5.56 Å². The van der Waals surface area contributed by atoms with Crippen molar-refractivity contribution in [1.82, 2.24) is 4.90 Å². The van der Waals surface area contributed by atoms with Gasteiger partial charge in [0.2, 0.25) is 11.8 Å². The summed E-state index contributed by atoms with van der Waals surface area (Å²) < 4.78 is 5.45. The van der Waals surface area contributed by atoms with E-state index in [0.29, 0.717) is 22.7 Å². The van der Waals surface area contributed by atoms with E-state index in [4.69, 9.17) is 4.74 Å². The predicted molar refractivity (Wildman–Crippen MR) is 108 cm³/mol. The molecule has 0 bridgehead atoms. The van der Waals surface area contributed by atoms with E-state index in [1.54, 1.807) is 62.6 Å². The number of benzene rings is 2. The lowest BCUT2D eigenvalue weighted by Gasteiger charge is -2.13. The molecule has 28 heavy (non-hydrogen) atoms. The van der Waals surface area contributed by atoms with Gasteiger partial charge in [-0.15, -0.1) is 0 Å². The smallest absolute Gasteiger partial charge is 0.259 e. The van der Waals surface area contributed by atoms with Gasteiger partial charge in [0.15, 0.2) is 6.61 Å². The van der Waals surface area contributed by atoms with Gasteiger partial charge in [-0.1, -0.05) is 30.8 Å². The Morgan fingerprint density at radius 2 is 1.82 bits per heavy atom. The van der Waals surface area contributed by atoms with E-state index in [-0.39, 0.29) is 30.7 Å². The molecule has 0 aliphatic heterocycles. The maximum atomic E-state index is 12.4. The Bertz CT molecular complexity index is 877. The molecule has 0 saturated carbocycles. The number of carbonyl (C=O) groups excluding carboxylic acids is 3. The summed E-state index contributed by atoms with van der Waals surface area (Å²) in [6, 6.07) is 13.9. The summed E-state index contributed by atoms with van der Waals surface area (Å²) in [4.78, 5) is 37.0. The van der Waals surface area contributed by atoms with Crippen LogP contribution in [0.15, 0.2) is 61.2 Å². The average Bonchev–Trinajstić information content (AvgIpc) is 2.67. The molecule has 3 amide bonds. The minimum Gasteiger partial charge on any atom is -0.484 e. The van der Waals surface area contributed by atoms with Crippen molar-refractivity contribution < 1.29 is 19.1 Å². The number of nitrogens with one attached hydrogen (secondary N) is 2. The highest BCUT2D eigenvalue weighted by Gasteiger charge is 2.10. The second-order valence-electron chi connectivity index (χ2n) is 6.18. The highest BCUT2D eigenvalue weighted by molar-refractivity contribution is 6.00. The fourth-order valence-electron chi connectivity index (χ4n) is 2.30. The molecule has 2 aromatic carbocycles. The molecule has 0 aliphatic rings. The Hall–Kier alpha value is -3.61. The lowest BCUT2D eigenvalue weighted by Crippen LogP contribution is -2.27. The van der Waals surface area contributed by atoms with Gasteiger partial charge in [-0.3, -0.25) is 14.4 Å². The first-order valence-electron chi connectivity index (χ1n) is 8.63. The summed E-state index contributed by atoms with van der Waals surface area (Å²) >= 11 is 0. The van der Waals surface area contributed by atoms with Crippen molar-refractivity contribution in [1.29, 1.82) is 0 Å². The normalized spacial score (nSPS) is 9.93.